The van der Waals surface area contributed by atoms with E-state index in [2.05, 4.69) is 195 Å². The Labute approximate surface area is 335 Å². The highest BCUT2D eigenvalue weighted by Crippen LogP contribution is 2.47. The van der Waals surface area contributed by atoms with Crippen LogP contribution in [0.25, 0.3) is 33.4 Å². The molecule has 53 heavy (non-hydrogen) atoms. The van der Waals surface area contributed by atoms with E-state index in [0.29, 0.717) is 53.3 Å². The monoisotopic (exact) mass is 773 g/mol. The number of rotatable bonds is 13. The van der Waals surface area contributed by atoms with E-state index in [-0.39, 0.29) is 0 Å². The molecule has 1 radical (unpaired) electrons. The molecule has 0 fully saturated rings. The molecule has 0 N–H and O–H groups in total. The van der Waals surface area contributed by atoms with Gasteiger partial charge < -0.3 is 0 Å². The van der Waals surface area contributed by atoms with Crippen LogP contribution in [0.2, 0.25) is 0 Å². The molecule has 0 saturated heterocycles. The Morgan fingerprint density at radius 2 is 0.547 bits per heavy atom. The summed E-state index contributed by atoms with van der Waals surface area (Å²) in [6.45, 7) is 42.6. The standard InChI is InChI=1S/C51H71BBr/c1-27(2)36-19-40(30(7)8)48(41(20-36)31(9)10)39-25-46(49-42(32(11)12)21-37(28(3)4)22-43(49)33(13)14)51(52-53)47(26-39)50-44(34(15)16)23-38(29(5)6)24-45(50)35(17)18/h19-35H,1-18H3. The third-order valence-electron chi connectivity index (χ3n) is 11.5. The lowest BCUT2D eigenvalue weighted by Crippen LogP contribution is -2.20. The van der Waals surface area contributed by atoms with Crippen molar-refractivity contribution in [3.63, 3.8) is 0 Å². The van der Waals surface area contributed by atoms with Crippen molar-refractivity contribution in [3.05, 3.63) is 98.6 Å². The molecule has 0 atom stereocenters. The van der Waals surface area contributed by atoms with Crippen LogP contribution in [0.3, 0.4) is 0 Å². The highest BCUT2D eigenvalue weighted by molar-refractivity contribution is 9.23. The molecule has 0 nitrogen and oxygen atoms in total. The first-order valence-electron chi connectivity index (χ1n) is 20.9. The molecular weight excluding hydrogens is 703 g/mol. The van der Waals surface area contributed by atoms with Crippen molar-refractivity contribution in [1.82, 2.24) is 0 Å². The minimum absolute atomic E-state index is 0.377. The Kier molecular flexibility index (Phi) is 14.2. The molecule has 0 saturated carbocycles. The normalized spacial score (nSPS) is 12.5. The Morgan fingerprint density at radius 1 is 0.321 bits per heavy atom. The van der Waals surface area contributed by atoms with Gasteiger partial charge in [-0.15, -0.1) is 0 Å². The average Bonchev–Trinajstić information content (AvgIpc) is 3.08. The summed E-state index contributed by atoms with van der Waals surface area (Å²) in [7, 11) is 0. The summed E-state index contributed by atoms with van der Waals surface area (Å²) >= 11 is 4.03. The first-order chi connectivity index (χ1) is 24.7. The maximum atomic E-state index is 4.03. The number of halogens is 1. The van der Waals surface area contributed by atoms with Crippen molar-refractivity contribution in [3.8, 4) is 33.4 Å². The predicted molar refractivity (Wildman–Crippen MR) is 244 cm³/mol. The van der Waals surface area contributed by atoms with Gasteiger partial charge in [0.05, 0.1) is 0 Å². The first kappa shape index (κ1) is 43.2. The number of hydrogen-bond acceptors (Lipinski definition) is 0. The van der Waals surface area contributed by atoms with E-state index in [9.17, 15) is 0 Å². The third-order valence-corrected chi connectivity index (χ3v) is 12.0. The second-order valence-corrected chi connectivity index (χ2v) is 19.2. The third kappa shape index (κ3) is 8.95. The summed E-state index contributed by atoms with van der Waals surface area (Å²) in [4.78, 5) is 0. The average molecular weight is 775 g/mol. The summed E-state index contributed by atoms with van der Waals surface area (Å²) in [5, 5.41) is 0. The van der Waals surface area contributed by atoms with Crippen LogP contribution in [0.5, 0.6) is 0 Å². The van der Waals surface area contributed by atoms with Gasteiger partial charge in [-0.05, 0) is 149 Å². The molecule has 4 aromatic carbocycles. The van der Waals surface area contributed by atoms with Crippen molar-refractivity contribution >= 4 is 27.3 Å². The van der Waals surface area contributed by atoms with Crippen LogP contribution >= 0.6 is 15.8 Å². The molecule has 0 aliphatic heterocycles. The highest BCUT2D eigenvalue weighted by Gasteiger charge is 2.28. The van der Waals surface area contributed by atoms with Gasteiger partial charge in [-0.25, -0.2) is 0 Å². The van der Waals surface area contributed by atoms with Crippen molar-refractivity contribution in [2.75, 3.05) is 0 Å². The molecule has 0 unspecified atom stereocenters. The lowest BCUT2D eigenvalue weighted by molar-refractivity contribution is 0.806. The summed E-state index contributed by atoms with van der Waals surface area (Å²) < 4.78 is 0. The molecule has 0 heterocycles. The van der Waals surface area contributed by atoms with E-state index in [4.69, 9.17) is 0 Å². The lowest BCUT2D eigenvalue weighted by atomic mass is 9.71. The zero-order valence-corrected chi connectivity index (χ0v) is 38.4. The van der Waals surface area contributed by atoms with E-state index < -0.39 is 0 Å². The molecule has 0 aliphatic carbocycles. The fraction of sp³-hybridized carbons (Fsp3) is 0.529. The smallest absolute Gasteiger partial charge is 0.158 e. The first-order valence-corrected chi connectivity index (χ1v) is 21.8. The van der Waals surface area contributed by atoms with Crippen molar-refractivity contribution in [2.45, 2.75) is 178 Å². The molecule has 4 aromatic rings. The fourth-order valence-electron chi connectivity index (χ4n) is 8.15. The van der Waals surface area contributed by atoms with E-state index >= 15 is 0 Å². The Hall–Kier alpha value is -2.58. The quantitative estimate of drug-likeness (QED) is 0.119. The van der Waals surface area contributed by atoms with Crippen LogP contribution in [0, 0.1) is 0 Å². The van der Waals surface area contributed by atoms with E-state index in [1.165, 1.54) is 88.9 Å². The van der Waals surface area contributed by atoms with E-state index in [1.807, 2.05) is 0 Å². The molecule has 0 aliphatic rings. The number of hydrogen-bond donors (Lipinski definition) is 0. The Morgan fingerprint density at radius 3 is 0.736 bits per heavy atom. The maximum absolute atomic E-state index is 4.03. The van der Waals surface area contributed by atoms with Crippen LogP contribution in [0.4, 0.5) is 0 Å². The summed E-state index contributed by atoms with van der Waals surface area (Å²) in [5.41, 5.74) is 22.6. The van der Waals surface area contributed by atoms with Gasteiger partial charge in [-0.3, -0.25) is 0 Å². The minimum Gasteiger partial charge on any atom is -0.158 e. The zero-order chi connectivity index (χ0) is 39.8. The fourth-order valence-corrected chi connectivity index (χ4v) is 8.64. The molecule has 4 rings (SSSR count). The van der Waals surface area contributed by atoms with Crippen LogP contribution in [0.1, 0.15) is 228 Å². The molecular formula is C51H71BBr. The summed E-state index contributed by atoms with van der Waals surface area (Å²) in [6, 6.07) is 20.3. The van der Waals surface area contributed by atoms with Crippen LogP contribution in [0.15, 0.2) is 48.5 Å². The van der Waals surface area contributed by atoms with E-state index in [0.717, 1.165) is 0 Å². The summed E-state index contributed by atoms with van der Waals surface area (Å²) in [6.07, 6.45) is 2.24. The van der Waals surface area contributed by atoms with Crippen LogP contribution < -0.4 is 5.46 Å². The molecule has 0 aromatic heterocycles. The molecule has 285 valence electrons. The van der Waals surface area contributed by atoms with Gasteiger partial charge in [0.25, 0.3) is 0 Å². The van der Waals surface area contributed by atoms with Crippen LogP contribution in [-0.4, -0.2) is 6.10 Å². The topological polar surface area (TPSA) is 0 Å². The van der Waals surface area contributed by atoms with Crippen molar-refractivity contribution < 1.29 is 0 Å². The largest absolute Gasteiger partial charge is 0.245 e. The van der Waals surface area contributed by atoms with E-state index in [1.54, 1.807) is 0 Å². The lowest BCUT2D eigenvalue weighted by Gasteiger charge is -2.30. The Bertz CT molecular complexity index is 1710. The van der Waals surface area contributed by atoms with Crippen molar-refractivity contribution in [2.24, 2.45) is 0 Å². The second kappa shape index (κ2) is 17.5. The Balaban J connectivity index is 2.42. The minimum atomic E-state index is 0.377. The van der Waals surface area contributed by atoms with Gasteiger partial charge in [0.2, 0.25) is 6.10 Å². The van der Waals surface area contributed by atoms with Gasteiger partial charge in [0.1, 0.15) is 0 Å². The molecule has 0 amide bonds. The molecule has 2 heteroatoms. The second-order valence-electron chi connectivity index (χ2n) is 18.7. The SMILES string of the molecule is CC(C)c1cc(C(C)C)c(-c2cc(-c3c(C(C)C)cc(C(C)C)cc3C(C)C)c([B]Br)c(-c3c(C(C)C)cc(C(C)C)cc3C(C)C)c2)c(C(C)C)c1. The molecule has 0 bridgehead atoms. The zero-order valence-electron chi connectivity index (χ0n) is 36.8. The summed E-state index contributed by atoms with van der Waals surface area (Å²) in [5.74, 6) is 3.69. The van der Waals surface area contributed by atoms with Gasteiger partial charge in [0, 0.05) is 0 Å². The van der Waals surface area contributed by atoms with Gasteiger partial charge in [-0.1, -0.05) is 166 Å². The number of benzene rings is 4. The van der Waals surface area contributed by atoms with Crippen LogP contribution in [-0.2, 0) is 0 Å². The van der Waals surface area contributed by atoms with Crippen molar-refractivity contribution in [1.29, 1.82) is 0 Å². The van der Waals surface area contributed by atoms with Gasteiger partial charge >= 0.3 is 0 Å². The molecule has 0 spiro atoms. The van der Waals surface area contributed by atoms with Gasteiger partial charge in [-0.2, -0.15) is 15.8 Å². The predicted octanol–water partition coefficient (Wildman–Crippen LogP) is 16.4. The maximum Gasteiger partial charge on any atom is 0.245 e. The van der Waals surface area contributed by atoms with Gasteiger partial charge in [0.15, 0.2) is 0 Å². The highest BCUT2D eigenvalue weighted by atomic mass is 79.9.